The van der Waals surface area contributed by atoms with Crippen molar-refractivity contribution in [1.29, 1.82) is 0 Å². The Kier molecular flexibility index (Phi) is 13.0. The Bertz CT molecular complexity index is 185. The highest BCUT2D eigenvalue weighted by Crippen LogP contribution is 2.49. The molecule has 4 nitrogen and oxygen atoms in total. The molecule has 0 saturated heterocycles. The fourth-order valence-electron chi connectivity index (χ4n) is 0.809. The Balaban J connectivity index is 4.00. The molecule has 17 heavy (non-hydrogen) atoms. The molecule has 0 aliphatic carbocycles. The van der Waals surface area contributed by atoms with E-state index < -0.39 is 7.82 Å². The molecule has 104 valence electrons. The van der Waals surface area contributed by atoms with Crippen molar-refractivity contribution < 1.29 is 18.1 Å². The van der Waals surface area contributed by atoms with Crippen LogP contribution in [0.3, 0.4) is 0 Å². The van der Waals surface area contributed by atoms with Gasteiger partial charge in [0.1, 0.15) is 0 Å². The van der Waals surface area contributed by atoms with E-state index >= 15 is 0 Å². The zero-order valence-corrected chi connectivity index (χ0v) is 13.9. The van der Waals surface area contributed by atoms with Gasteiger partial charge in [-0.2, -0.15) is 35.3 Å². The number of phosphoric acid groups is 1. The van der Waals surface area contributed by atoms with Gasteiger partial charge in [-0.25, -0.2) is 4.57 Å². The van der Waals surface area contributed by atoms with Gasteiger partial charge in [0.25, 0.3) is 0 Å². The number of thioether (sulfide) groups is 3. The maximum atomic E-state index is 12.1. The molecule has 0 amide bonds. The van der Waals surface area contributed by atoms with Crippen LogP contribution >= 0.6 is 43.1 Å². The minimum atomic E-state index is -3.35. The van der Waals surface area contributed by atoms with Crippen LogP contribution in [0.4, 0.5) is 0 Å². The fraction of sp³-hybridized carbons (Fsp3) is 1.00. The molecule has 0 fully saturated rings. The third-order valence-electron chi connectivity index (χ3n) is 1.61. The number of phosphoric ester groups is 1. The summed E-state index contributed by atoms with van der Waals surface area (Å²) in [6.07, 6.45) is 5.91. The summed E-state index contributed by atoms with van der Waals surface area (Å²) in [5.74, 6) is 2.34. The fourth-order valence-corrected chi connectivity index (χ4v) is 3.10. The largest absolute Gasteiger partial charge is 0.474 e. The van der Waals surface area contributed by atoms with E-state index in [4.69, 9.17) is 13.6 Å². The van der Waals surface area contributed by atoms with Crippen molar-refractivity contribution in [2.45, 2.75) is 0 Å². The van der Waals surface area contributed by atoms with Gasteiger partial charge in [0.05, 0.1) is 19.8 Å². The topological polar surface area (TPSA) is 44.8 Å². The van der Waals surface area contributed by atoms with Crippen LogP contribution in [0.1, 0.15) is 0 Å². The van der Waals surface area contributed by atoms with Crippen molar-refractivity contribution in [3.63, 3.8) is 0 Å². The van der Waals surface area contributed by atoms with Crippen LogP contribution in [0.2, 0.25) is 0 Å². The summed E-state index contributed by atoms with van der Waals surface area (Å²) >= 11 is 4.90. The first kappa shape index (κ1) is 18.2. The zero-order chi connectivity index (χ0) is 13.0. The Morgan fingerprint density at radius 3 is 1.29 bits per heavy atom. The Labute approximate surface area is 117 Å². The summed E-state index contributed by atoms with van der Waals surface area (Å²) in [5.41, 5.74) is 0. The lowest BCUT2D eigenvalue weighted by Gasteiger charge is -2.17. The summed E-state index contributed by atoms with van der Waals surface area (Å²) in [6, 6.07) is 0. The van der Waals surface area contributed by atoms with Gasteiger partial charge in [-0.1, -0.05) is 0 Å². The quantitative estimate of drug-likeness (QED) is 0.404. The molecule has 8 heteroatoms. The maximum Gasteiger partial charge on any atom is 0.474 e. The second kappa shape index (κ2) is 12.2. The minimum Gasteiger partial charge on any atom is -0.286 e. The summed E-state index contributed by atoms with van der Waals surface area (Å²) in [6.45, 7) is 1.16. The van der Waals surface area contributed by atoms with E-state index in [9.17, 15) is 4.57 Å². The highest BCUT2D eigenvalue weighted by molar-refractivity contribution is 7.99. The molecular weight excluding hydrogens is 299 g/mol. The molecule has 0 aromatic carbocycles. The molecule has 0 rings (SSSR count). The lowest BCUT2D eigenvalue weighted by Crippen LogP contribution is -2.06. The molecule has 0 aromatic heterocycles. The average Bonchev–Trinajstić information content (AvgIpc) is 2.30. The lowest BCUT2D eigenvalue weighted by molar-refractivity contribution is 0.129. The molecule has 0 N–H and O–H groups in total. The van der Waals surface area contributed by atoms with Crippen molar-refractivity contribution in [2.24, 2.45) is 0 Å². The highest BCUT2D eigenvalue weighted by atomic mass is 32.2. The third kappa shape index (κ3) is 10.7. The standard InChI is InChI=1S/C9H21O4PS3/c1-15-7-4-11-14(10,12-5-8-16-2)13-6-9-17-3/h4-9H2,1-3H3. The van der Waals surface area contributed by atoms with Crippen LogP contribution in [0.15, 0.2) is 0 Å². The van der Waals surface area contributed by atoms with Crippen molar-refractivity contribution in [2.75, 3.05) is 55.8 Å². The van der Waals surface area contributed by atoms with Crippen molar-refractivity contribution in [3.05, 3.63) is 0 Å². The molecule has 0 heterocycles. The molecule has 0 aliphatic heterocycles. The van der Waals surface area contributed by atoms with Crippen LogP contribution in [-0.4, -0.2) is 55.8 Å². The maximum absolute atomic E-state index is 12.1. The summed E-state index contributed by atoms with van der Waals surface area (Å²) < 4.78 is 27.8. The molecule has 0 atom stereocenters. The first-order valence-electron chi connectivity index (χ1n) is 5.19. The Morgan fingerprint density at radius 2 is 1.06 bits per heavy atom. The molecule has 0 unspecified atom stereocenters. The lowest BCUT2D eigenvalue weighted by atomic mass is 10.9. The Hall–Kier alpha value is 1.16. The van der Waals surface area contributed by atoms with Gasteiger partial charge >= 0.3 is 7.82 Å². The number of hydrogen-bond acceptors (Lipinski definition) is 7. The minimum absolute atomic E-state index is 0.386. The van der Waals surface area contributed by atoms with Gasteiger partial charge in [0.2, 0.25) is 0 Å². The molecule has 0 aliphatic rings. The second-order valence-corrected chi connectivity index (χ2v) is 7.55. The van der Waals surface area contributed by atoms with Crippen LogP contribution in [-0.2, 0) is 18.1 Å². The molecule has 0 spiro atoms. The van der Waals surface area contributed by atoms with Crippen molar-refractivity contribution in [1.82, 2.24) is 0 Å². The molecule has 0 radical (unpaired) electrons. The number of hydrogen-bond donors (Lipinski definition) is 0. The third-order valence-corrected chi connectivity index (χ3v) is 4.83. The summed E-state index contributed by atoms with van der Waals surface area (Å²) in [7, 11) is -3.35. The predicted octanol–water partition coefficient (Wildman–Crippen LogP) is 3.23. The average molecular weight is 320 g/mol. The first-order valence-corrected chi connectivity index (χ1v) is 10.8. The van der Waals surface area contributed by atoms with Crippen molar-refractivity contribution in [3.8, 4) is 0 Å². The molecule has 0 aromatic rings. The predicted molar refractivity (Wildman–Crippen MR) is 80.6 cm³/mol. The summed E-state index contributed by atoms with van der Waals surface area (Å²) in [5, 5.41) is 0. The smallest absolute Gasteiger partial charge is 0.286 e. The van der Waals surface area contributed by atoms with Gasteiger partial charge in [0.15, 0.2) is 0 Å². The van der Waals surface area contributed by atoms with Crippen LogP contribution in [0.5, 0.6) is 0 Å². The van der Waals surface area contributed by atoms with Gasteiger partial charge < -0.3 is 0 Å². The van der Waals surface area contributed by atoms with E-state index in [0.717, 1.165) is 17.3 Å². The van der Waals surface area contributed by atoms with Gasteiger partial charge in [-0.15, -0.1) is 0 Å². The highest BCUT2D eigenvalue weighted by Gasteiger charge is 2.25. The molecule has 0 saturated carbocycles. The van der Waals surface area contributed by atoms with E-state index in [1.54, 1.807) is 35.3 Å². The molecule has 0 bridgehead atoms. The van der Waals surface area contributed by atoms with Crippen LogP contribution < -0.4 is 0 Å². The SMILES string of the molecule is CSCCOP(=O)(OCCSC)OCCSC. The van der Waals surface area contributed by atoms with E-state index in [1.165, 1.54) is 0 Å². The van der Waals surface area contributed by atoms with Crippen molar-refractivity contribution >= 4 is 43.1 Å². The van der Waals surface area contributed by atoms with E-state index in [1.807, 2.05) is 18.8 Å². The van der Waals surface area contributed by atoms with Gasteiger partial charge in [0, 0.05) is 17.3 Å². The summed E-state index contributed by atoms with van der Waals surface area (Å²) in [4.78, 5) is 0. The van der Waals surface area contributed by atoms with Crippen LogP contribution in [0, 0.1) is 0 Å². The van der Waals surface area contributed by atoms with E-state index in [2.05, 4.69) is 0 Å². The van der Waals surface area contributed by atoms with E-state index in [-0.39, 0.29) is 0 Å². The van der Waals surface area contributed by atoms with Gasteiger partial charge in [-0.05, 0) is 18.8 Å². The normalized spacial score (nSPS) is 11.9. The second-order valence-electron chi connectivity index (χ2n) is 2.93. The Morgan fingerprint density at radius 1 is 0.765 bits per heavy atom. The van der Waals surface area contributed by atoms with Gasteiger partial charge in [-0.3, -0.25) is 13.6 Å². The number of rotatable bonds is 12. The first-order chi connectivity index (χ1) is 8.18. The zero-order valence-electron chi connectivity index (χ0n) is 10.5. The monoisotopic (exact) mass is 320 g/mol. The van der Waals surface area contributed by atoms with Crippen LogP contribution in [0.25, 0.3) is 0 Å². The molecular formula is C9H21O4PS3. The van der Waals surface area contributed by atoms with E-state index in [0.29, 0.717) is 19.8 Å².